The molecule has 0 radical (unpaired) electrons. The van der Waals surface area contributed by atoms with Crippen molar-refractivity contribution in [3.63, 3.8) is 0 Å². The molecule has 1 amide bonds. The summed E-state index contributed by atoms with van der Waals surface area (Å²) in [5, 5.41) is 11.4. The third kappa shape index (κ3) is 3.39. The van der Waals surface area contributed by atoms with Gasteiger partial charge in [0.15, 0.2) is 0 Å². The molecule has 112 valence electrons. The van der Waals surface area contributed by atoms with E-state index >= 15 is 0 Å². The quantitative estimate of drug-likeness (QED) is 0.837. The summed E-state index contributed by atoms with van der Waals surface area (Å²) in [6.45, 7) is 5.62. The van der Waals surface area contributed by atoms with Gasteiger partial charge in [-0.1, -0.05) is 19.9 Å². The molecule has 1 heterocycles. The highest BCUT2D eigenvalue weighted by molar-refractivity contribution is 7.10. The van der Waals surface area contributed by atoms with Gasteiger partial charge in [0.1, 0.15) is 0 Å². The second kappa shape index (κ2) is 6.88. The lowest BCUT2D eigenvalue weighted by atomic mass is 9.79. The zero-order valence-corrected chi connectivity index (χ0v) is 13.4. The van der Waals surface area contributed by atoms with E-state index in [2.05, 4.69) is 0 Å². The van der Waals surface area contributed by atoms with Crippen LogP contribution in [0.3, 0.4) is 0 Å². The van der Waals surface area contributed by atoms with Crippen LogP contribution in [0, 0.1) is 5.41 Å². The Balaban J connectivity index is 2.81. The number of carboxylic acid groups (broad SMARTS) is 1. The minimum atomic E-state index is -0.944. The molecule has 0 aliphatic carbocycles. The van der Waals surface area contributed by atoms with Crippen molar-refractivity contribution < 1.29 is 14.7 Å². The van der Waals surface area contributed by atoms with Gasteiger partial charge in [-0.3, -0.25) is 9.59 Å². The van der Waals surface area contributed by atoms with Crippen molar-refractivity contribution in [2.45, 2.75) is 46.1 Å². The zero-order chi connectivity index (χ0) is 15.3. The van der Waals surface area contributed by atoms with E-state index in [-0.39, 0.29) is 18.4 Å². The standard InChI is InChI=1S/C15H23NO3S/c1-5-15(6-2,14(18)19)10-13(17)16(4)11(3)12-8-7-9-20-12/h7-9,11H,5-6,10H2,1-4H3,(H,18,19). The van der Waals surface area contributed by atoms with Crippen LogP contribution in [0.15, 0.2) is 17.5 Å². The van der Waals surface area contributed by atoms with Crippen LogP contribution in [0.25, 0.3) is 0 Å². The predicted octanol–water partition coefficient (Wildman–Crippen LogP) is 3.55. The van der Waals surface area contributed by atoms with Crippen LogP contribution in [-0.4, -0.2) is 28.9 Å². The fourth-order valence-corrected chi connectivity index (χ4v) is 3.05. The fraction of sp³-hybridized carbons (Fsp3) is 0.600. The molecule has 1 atom stereocenters. The zero-order valence-electron chi connectivity index (χ0n) is 12.5. The summed E-state index contributed by atoms with van der Waals surface area (Å²) in [5.74, 6) is -0.995. The molecule has 1 aromatic rings. The van der Waals surface area contributed by atoms with Gasteiger partial charge in [-0.15, -0.1) is 11.3 Å². The molecule has 1 N–H and O–H groups in total. The third-order valence-corrected chi connectivity index (χ3v) is 5.27. The maximum Gasteiger partial charge on any atom is 0.310 e. The van der Waals surface area contributed by atoms with Gasteiger partial charge in [-0.2, -0.15) is 0 Å². The van der Waals surface area contributed by atoms with Crippen LogP contribution in [0.4, 0.5) is 0 Å². The second-order valence-corrected chi connectivity index (χ2v) is 6.14. The molecule has 1 rings (SSSR count). The largest absolute Gasteiger partial charge is 0.481 e. The third-order valence-electron chi connectivity index (χ3n) is 4.23. The number of hydrogen-bond acceptors (Lipinski definition) is 3. The van der Waals surface area contributed by atoms with Crippen LogP contribution < -0.4 is 0 Å². The minimum Gasteiger partial charge on any atom is -0.481 e. The Bertz CT molecular complexity index is 452. The van der Waals surface area contributed by atoms with Crippen molar-refractivity contribution in [3.8, 4) is 0 Å². The second-order valence-electron chi connectivity index (χ2n) is 5.17. The molecule has 4 nitrogen and oxygen atoms in total. The van der Waals surface area contributed by atoms with E-state index in [4.69, 9.17) is 0 Å². The first-order valence-corrected chi connectivity index (χ1v) is 7.78. The molecule has 1 aromatic heterocycles. The SMILES string of the molecule is CCC(CC)(CC(=O)N(C)C(C)c1cccs1)C(=O)O. The molecule has 5 heteroatoms. The first-order chi connectivity index (χ1) is 9.38. The Hall–Kier alpha value is -1.36. The number of aliphatic carboxylic acids is 1. The van der Waals surface area contributed by atoms with E-state index in [1.165, 1.54) is 0 Å². The van der Waals surface area contributed by atoms with Crippen molar-refractivity contribution in [2.24, 2.45) is 5.41 Å². The lowest BCUT2D eigenvalue weighted by molar-refractivity contribution is -0.154. The van der Waals surface area contributed by atoms with Gasteiger partial charge in [-0.05, 0) is 31.2 Å². The summed E-state index contributed by atoms with van der Waals surface area (Å²) in [7, 11) is 1.74. The number of nitrogens with zero attached hydrogens (tertiary/aromatic N) is 1. The van der Waals surface area contributed by atoms with Gasteiger partial charge in [0.2, 0.25) is 5.91 Å². The molecule has 0 saturated heterocycles. The first-order valence-electron chi connectivity index (χ1n) is 6.90. The Kier molecular flexibility index (Phi) is 5.74. The van der Waals surface area contributed by atoms with Gasteiger partial charge in [0, 0.05) is 18.3 Å². The van der Waals surface area contributed by atoms with Gasteiger partial charge in [-0.25, -0.2) is 0 Å². The molecule has 0 fully saturated rings. The topological polar surface area (TPSA) is 57.6 Å². The summed E-state index contributed by atoms with van der Waals surface area (Å²) in [5.41, 5.74) is -0.944. The lowest BCUT2D eigenvalue weighted by Gasteiger charge is -2.31. The number of carboxylic acids is 1. The average molecular weight is 297 g/mol. The smallest absolute Gasteiger partial charge is 0.310 e. The maximum atomic E-state index is 12.4. The molecule has 0 aliphatic rings. The molecule has 0 spiro atoms. The number of amides is 1. The van der Waals surface area contributed by atoms with E-state index in [9.17, 15) is 14.7 Å². The summed E-state index contributed by atoms with van der Waals surface area (Å²) in [6.07, 6.45) is 0.985. The van der Waals surface area contributed by atoms with Crippen molar-refractivity contribution in [1.82, 2.24) is 4.90 Å². The number of carbonyl (C=O) groups is 2. The van der Waals surface area contributed by atoms with Crippen molar-refractivity contribution in [3.05, 3.63) is 22.4 Å². The van der Waals surface area contributed by atoms with Crippen LogP contribution in [0.5, 0.6) is 0 Å². The molecule has 0 aromatic carbocycles. The molecule has 20 heavy (non-hydrogen) atoms. The minimum absolute atomic E-state index is 0.0253. The van der Waals surface area contributed by atoms with Crippen LogP contribution in [0.1, 0.15) is 51.0 Å². The van der Waals surface area contributed by atoms with Crippen LogP contribution in [-0.2, 0) is 9.59 Å². The molecular weight excluding hydrogens is 274 g/mol. The van der Waals surface area contributed by atoms with E-state index in [1.807, 2.05) is 38.3 Å². The van der Waals surface area contributed by atoms with E-state index in [1.54, 1.807) is 23.3 Å². The highest BCUT2D eigenvalue weighted by Crippen LogP contribution is 2.33. The molecule has 0 saturated carbocycles. The van der Waals surface area contributed by atoms with Gasteiger partial charge in [0.05, 0.1) is 11.5 Å². The van der Waals surface area contributed by atoms with E-state index < -0.39 is 11.4 Å². The number of carbonyl (C=O) groups excluding carboxylic acids is 1. The van der Waals surface area contributed by atoms with E-state index in [0.29, 0.717) is 12.8 Å². The monoisotopic (exact) mass is 297 g/mol. The number of rotatable bonds is 7. The number of hydrogen-bond donors (Lipinski definition) is 1. The predicted molar refractivity (Wildman–Crippen MR) is 80.8 cm³/mol. The molecular formula is C15H23NO3S. The normalized spacial score (nSPS) is 13.0. The Morgan fingerprint density at radius 3 is 2.40 bits per heavy atom. The Labute approximate surface area is 124 Å². The van der Waals surface area contributed by atoms with Gasteiger partial charge < -0.3 is 10.0 Å². The molecule has 1 unspecified atom stereocenters. The molecule has 0 bridgehead atoms. The van der Waals surface area contributed by atoms with Crippen LogP contribution in [0.2, 0.25) is 0 Å². The molecule has 0 aliphatic heterocycles. The van der Waals surface area contributed by atoms with Gasteiger partial charge >= 0.3 is 5.97 Å². The maximum absolute atomic E-state index is 12.4. The van der Waals surface area contributed by atoms with Gasteiger partial charge in [0.25, 0.3) is 0 Å². The Morgan fingerprint density at radius 1 is 1.40 bits per heavy atom. The first kappa shape index (κ1) is 16.7. The average Bonchev–Trinajstić information content (AvgIpc) is 2.96. The highest BCUT2D eigenvalue weighted by atomic mass is 32.1. The summed E-state index contributed by atoms with van der Waals surface area (Å²) >= 11 is 1.60. The summed E-state index contributed by atoms with van der Waals surface area (Å²) in [4.78, 5) is 26.6. The Morgan fingerprint density at radius 2 is 2.00 bits per heavy atom. The number of thiophene rings is 1. The van der Waals surface area contributed by atoms with Crippen molar-refractivity contribution in [1.29, 1.82) is 0 Å². The lowest BCUT2D eigenvalue weighted by Crippen LogP contribution is -2.38. The summed E-state index contributed by atoms with van der Waals surface area (Å²) in [6, 6.07) is 3.92. The van der Waals surface area contributed by atoms with Crippen molar-refractivity contribution in [2.75, 3.05) is 7.05 Å². The van der Waals surface area contributed by atoms with E-state index in [0.717, 1.165) is 4.88 Å². The van der Waals surface area contributed by atoms with Crippen LogP contribution >= 0.6 is 11.3 Å². The summed E-state index contributed by atoms with van der Waals surface area (Å²) < 4.78 is 0. The fourth-order valence-electron chi connectivity index (χ4n) is 2.23. The van der Waals surface area contributed by atoms with Crippen molar-refractivity contribution >= 4 is 23.2 Å². The highest BCUT2D eigenvalue weighted by Gasteiger charge is 2.38.